The van der Waals surface area contributed by atoms with Crippen LogP contribution in [0.25, 0.3) is 5.57 Å². The van der Waals surface area contributed by atoms with Gasteiger partial charge >= 0.3 is 0 Å². The molecule has 3 rings (SSSR count). The van der Waals surface area contributed by atoms with Gasteiger partial charge in [0.1, 0.15) is 0 Å². The molecule has 1 heteroatoms. The summed E-state index contributed by atoms with van der Waals surface area (Å²) in [6.07, 6.45) is 7.44. The average Bonchev–Trinajstić information content (AvgIpc) is 2.61. The first kappa shape index (κ1) is 18.9. The van der Waals surface area contributed by atoms with Gasteiger partial charge in [0.2, 0.25) is 0 Å². The van der Waals surface area contributed by atoms with E-state index in [4.69, 9.17) is 0 Å². The van der Waals surface area contributed by atoms with E-state index in [1.807, 2.05) is 0 Å². The van der Waals surface area contributed by atoms with E-state index in [1.54, 1.807) is 0 Å². The van der Waals surface area contributed by atoms with Crippen LogP contribution in [0.15, 0.2) is 66.7 Å². The van der Waals surface area contributed by atoms with Crippen LogP contribution < -0.4 is 0 Å². The predicted molar refractivity (Wildman–Crippen MR) is 113 cm³/mol. The molecule has 0 atom stereocenters. The average molecular weight is 348 g/mol. The van der Waals surface area contributed by atoms with Crippen molar-refractivity contribution in [2.45, 2.75) is 64.5 Å². The van der Waals surface area contributed by atoms with Gasteiger partial charge in [0, 0.05) is 17.6 Å². The van der Waals surface area contributed by atoms with Crippen LogP contribution in [0.3, 0.4) is 0 Å². The number of hydrogen-bond acceptors (Lipinski definition) is 1. The highest BCUT2D eigenvalue weighted by atomic mass is 15.3. The van der Waals surface area contributed by atoms with Gasteiger partial charge in [-0.25, -0.2) is 0 Å². The van der Waals surface area contributed by atoms with E-state index in [9.17, 15) is 0 Å². The zero-order chi connectivity index (χ0) is 18.6. The number of hydrogen-bond donors (Lipinski definition) is 0. The molecule has 1 fully saturated rings. The maximum atomic E-state index is 2.73. The molecule has 1 heterocycles. The summed E-state index contributed by atoms with van der Waals surface area (Å²) < 4.78 is 0. The van der Waals surface area contributed by atoms with Crippen LogP contribution in [-0.2, 0) is 0 Å². The second-order valence-corrected chi connectivity index (χ2v) is 8.77. The zero-order valence-corrected chi connectivity index (χ0v) is 16.8. The Bertz CT molecular complexity index is 668. The summed E-state index contributed by atoms with van der Waals surface area (Å²) in [5, 5.41) is 0. The Balaban J connectivity index is 1.83. The smallest absolute Gasteiger partial charge is 0.0158 e. The molecule has 138 valence electrons. The third-order valence-corrected chi connectivity index (χ3v) is 5.91. The first-order valence-electron chi connectivity index (χ1n) is 9.99. The van der Waals surface area contributed by atoms with E-state index in [-0.39, 0.29) is 11.1 Å². The molecule has 0 spiro atoms. The minimum absolute atomic E-state index is 0.287. The predicted octanol–water partition coefficient (Wildman–Crippen LogP) is 6.55. The summed E-state index contributed by atoms with van der Waals surface area (Å²) in [5.41, 5.74) is 4.52. The van der Waals surface area contributed by atoms with Gasteiger partial charge in [0.05, 0.1) is 0 Å². The number of likely N-dealkylation sites (tertiary alicyclic amines) is 1. The van der Waals surface area contributed by atoms with Crippen LogP contribution in [0.2, 0.25) is 0 Å². The second kappa shape index (κ2) is 7.80. The van der Waals surface area contributed by atoms with Crippen molar-refractivity contribution in [2.75, 3.05) is 6.54 Å². The Morgan fingerprint density at radius 3 is 1.73 bits per heavy atom. The lowest BCUT2D eigenvalue weighted by Gasteiger charge is -2.53. The fourth-order valence-electron chi connectivity index (χ4n) is 4.62. The summed E-state index contributed by atoms with van der Waals surface area (Å²) in [6, 6.07) is 21.6. The normalized spacial score (nSPS) is 19.1. The molecule has 0 N–H and O–H groups in total. The maximum Gasteiger partial charge on any atom is 0.0158 e. The summed E-state index contributed by atoms with van der Waals surface area (Å²) in [6.45, 7) is 10.8. The lowest BCUT2D eigenvalue weighted by molar-refractivity contribution is -0.0249. The summed E-state index contributed by atoms with van der Waals surface area (Å²) in [5.74, 6) is 0. The van der Waals surface area contributed by atoms with Crippen LogP contribution in [0.5, 0.6) is 0 Å². The van der Waals surface area contributed by atoms with Crippen molar-refractivity contribution in [1.82, 2.24) is 4.90 Å². The Morgan fingerprint density at radius 2 is 1.27 bits per heavy atom. The largest absolute Gasteiger partial charge is 0.293 e. The van der Waals surface area contributed by atoms with E-state index < -0.39 is 0 Å². The first-order valence-corrected chi connectivity index (χ1v) is 9.99. The molecule has 0 aliphatic carbocycles. The van der Waals surface area contributed by atoms with Gasteiger partial charge in [0.15, 0.2) is 0 Å². The van der Waals surface area contributed by atoms with Crippen LogP contribution in [0.4, 0.5) is 0 Å². The fraction of sp³-hybridized carbons (Fsp3) is 0.440. The third kappa shape index (κ3) is 4.27. The van der Waals surface area contributed by atoms with Gasteiger partial charge in [0.25, 0.3) is 0 Å². The molecule has 26 heavy (non-hydrogen) atoms. The Morgan fingerprint density at radius 1 is 0.808 bits per heavy atom. The third-order valence-electron chi connectivity index (χ3n) is 5.91. The first-order chi connectivity index (χ1) is 12.4. The molecule has 0 radical (unpaired) electrons. The molecule has 1 aliphatic rings. The van der Waals surface area contributed by atoms with Gasteiger partial charge in [-0.05, 0) is 70.1 Å². The van der Waals surface area contributed by atoms with Gasteiger partial charge in [-0.1, -0.05) is 66.7 Å². The molecule has 2 aromatic rings. The quantitative estimate of drug-likeness (QED) is 0.592. The van der Waals surface area contributed by atoms with E-state index in [0.29, 0.717) is 0 Å². The minimum atomic E-state index is 0.287. The molecule has 0 bridgehead atoms. The number of piperidine rings is 1. The number of rotatable bonds is 5. The van der Waals surface area contributed by atoms with E-state index in [0.717, 1.165) is 13.0 Å². The highest BCUT2D eigenvalue weighted by Gasteiger charge is 2.40. The number of benzene rings is 2. The highest BCUT2D eigenvalue weighted by Crippen LogP contribution is 2.38. The van der Waals surface area contributed by atoms with Crippen molar-refractivity contribution in [1.29, 1.82) is 0 Å². The topological polar surface area (TPSA) is 3.24 Å². The van der Waals surface area contributed by atoms with Gasteiger partial charge in [-0.15, -0.1) is 0 Å². The van der Waals surface area contributed by atoms with Crippen LogP contribution in [0.1, 0.15) is 64.5 Å². The van der Waals surface area contributed by atoms with Gasteiger partial charge < -0.3 is 0 Å². The number of nitrogens with zero attached hydrogens (tertiary/aromatic N) is 1. The van der Waals surface area contributed by atoms with Gasteiger partial charge in [-0.2, -0.15) is 0 Å². The Hall–Kier alpha value is -1.86. The summed E-state index contributed by atoms with van der Waals surface area (Å²) in [7, 11) is 0. The maximum absolute atomic E-state index is 2.73. The highest BCUT2D eigenvalue weighted by molar-refractivity contribution is 5.79. The Kier molecular flexibility index (Phi) is 5.67. The minimum Gasteiger partial charge on any atom is -0.293 e. The molecule has 0 aromatic heterocycles. The molecule has 1 saturated heterocycles. The molecule has 0 amide bonds. The standard InChI is InChI=1S/C25H33N/c1-24(2)18-12-19-25(3,4)26(24)20-11-17-23(21-13-7-5-8-14-21)22-15-9-6-10-16-22/h5-10,13-17H,11-12,18-20H2,1-4H3. The summed E-state index contributed by atoms with van der Waals surface area (Å²) >= 11 is 0. The van der Waals surface area contributed by atoms with Crippen LogP contribution >= 0.6 is 0 Å². The molecule has 1 nitrogen and oxygen atoms in total. The zero-order valence-electron chi connectivity index (χ0n) is 16.8. The van der Waals surface area contributed by atoms with Crippen molar-refractivity contribution < 1.29 is 0 Å². The van der Waals surface area contributed by atoms with E-state index >= 15 is 0 Å². The van der Waals surface area contributed by atoms with Crippen molar-refractivity contribution in [3.63, 3.8) is 0 Å². The molecule has 2 aromatic carbocycles. The van der Waals surface area contributed by atoms with Crippen molar-refractivity contribution in [2.24, 2.45) is 0 Å². The van der Waals surface area contributed by atoms with Crippen LogP contribution in [-0.4, -0.2) is 22.5 Å². The van der Waals surface area contributed by atoms with E-state index in [1.165, 1.54) is 36.0 Å². The van der Waals surface area contributed by atoms with E-state index in [2.05, 4.69) is 99.3 Å². The SMILES string of the molecule is CC1(C)CCCC(C)(C)N1CCC=C(c1ccccc1)c1ccccc1. The van der Waals surface area contributed by atoms with Gasteiger partial charge in [-0.3, -0.25) is 4.90 Å². The van der Waals surface area contributed by atoms with Crippen molar-refractivity contribution in [3.05, 3.63) is 77.9 Å². The van der Waals surface area contributed by atoms with Crippen molar-refractivity contribution in [3.8, 4) is 0 Å². The lowest BCUT2D eigenvalue weighted by atomic mass is 9.79. The Labute approximate surface area is 159 Å². The lowest BCUT2D eigenvalue weighted by Crippen LogP contribution is -2.58. The molecule has 0 saturated carbocycles. The molecular formula is C25H33N. The summed E-state index contributed by atoms with van der Waals surface area (Å²) in [4.78, 5) is 2.73. The van der Waals surface area contributed by atoms with Crippen LogP contribution in [0, 0.1) is 0 Å². The molecule has 1 aliphatic heterocycles. The molecular weight excluding hydrogens is 314 g/mol. The molecule has 0 unspecified atom stereocenters. The second-order valence-electron chi connectivity index (χ2n) is 8.77. The monoisotopic (exact) mass is 347 g/mol. The fourth-order valence-corrected chi connectivity index (χ4v) is 4.62. The van der Waals surface area contributed by atoms with Crippen molar-refractivity contribution >= 4 is 5.57 Å².